The maximum Gasteiger partial charge on any atom is 0.0270 e. The molecule has 0 bridgehead atoms. The third-order valence-corrected chi connectivity index (χ3v) is 2.83. The molecule has 0 fully saturated rings. The van der Waals surface area contributed by atoms with Gasteiger partial charge >= 0.3 is 0 Å². The highest BCUT2D eigenvalue weighted by atomic mass is 14.9. The van der Waals surface area contributed by atoms with E-state index in [2.05, 4.69) is 42.9 Å². The molecule has 1 aromatic heterocycles. The third-order valence-electron chi connectivity index (χ3n) is 2.83. The first-order valence-electron chi connectivity index (χ1n) is 6.49. The number of pyridine rings is 1. The molecule has 1 N–H and O–H groups in total. The summed E-state index contributed by atoms with van der Waals surface area (Å²) in [6.45, 7) is 9.37. The van der Waals surface area contributed by atoms with Crippen LogP contribution in [-0.2, 0) is 6.42 Å². The number of allylic oxidation sites excluding steroid dienone is 1. The van der Waals surface area contributed by atoms with Crippen LogP contribution in [0.2, 0.25) is 0 Å². The topological polar surface area (TPSA) is 24.9 Å². The lowest BCUT2D eigenvalue weighted by atomic mass is 10.0. The molecule has 0 aromatic carbocycles. The molecule has 1 rings (SSSR count). The standard InChI is InChI=1S/C15H24N2/c1-4-9-17-15(6-5-13(2)3)12-14-7-10-16-11-8-14/h7-8,10-11,15,17H,2,4-6,9,12H2,1,3H3. The first-order valence-corrected chi connectivity index (χ1v) is 6.49. The molecule has 0 aliphatic rings. The summed E-state index contributed by atoms with van der Waals surface area (Å²) in [4.78, 5) is 4.05. The second-order valence-electron chi connectivity index (χ2n) is 4.71. The van der Waals surface area contributed by atoms with Crippen molar-refractivity contribution in [2.75, 3.05) is 6.54 Å². The number of nitrogens with zero attached hydrogens (tertiary/aromatic N) is 1. The van der Waals surface area contributed by atoms with Crippen molar-refractivity contribution in [2.45, 2.75) is 45.6 Å². The van der Waals surface area contributed by atoms with E-state index in [1.54, 1.807) is 0 Å². The Kier molecular flexibility index (Phi) is 6.56. The molecule has 1 unspecified atom stereocenters. The number of rotatable bonds is 8. The van der Waals surface area contributed by atoms with Gasteiger partial charge in [-0.1, -0.05) is 12.5 Å². The minimum absolute atomic E-state index is 0.550. The molecule has 0 saturated heterocycles. The summed E-state index contributed by atoms with van der Waals surface area (Å²) in [5.41, 5.74) is 2.62. The molecule has 1 atom stereocenters. The van der Waals surface area contributed by atoms with Crippen LogP contribution in [-0.4, -0.2) is 17.6 Å². The lowest BCUT2D eigenvalue weighted by Crippen LogP contribution is -2.31. The fourth-order valence-electron chi connectivity index (χ4n) is 1.85. The SMILES string of the molecule is C=C(C)CCC(Cc1ccncc1)NCCC. The van der Waals surface area contributed by atoms with Crippen LogP contribution < -0.4 is 5.32 Å². The van der Waals surface area contributed by atoms with E-state index in [1.807, 2.05) is 12.4 Å². The molecule has 0 amide bonds. The molecule has 1 aromatic rings. The Morgan fingerprint density at radius 2 is 2.12 bits per heavy atom. The lowest BCUT2D eigenvalue weighted by Gasteiger charge is -2.18. The van der Waals surface area contributed by atoms with Gasteiger partial charge in [0.05, 0.1) is 0 Å². The van der Waals surface area contributed by atoms with Gasteiger partial charge in [-0.2, -0.15) is 0 Å². The van der Waals surface area contributed by atoms with Crippen LogP contribution in [0.15, 0.2) is 36.7 Å². The van der Waals surface area contributed by atoms with Gasteiger partial charge in [0.2, 0.25) is 0 Å². The summed E-state index contributed by atoms with van der Waals surface area (Å²) in [7, 11) is 0. The van der Waals surface area contributed by atoms with Crippen molar-refractivity contribution in [3.8, 4) is 0 Å². The van der Waals surface area contributed by atoms with Gasteiger partial charge in [-0.25, -0.2) is 0 Å². The average Bonchev–Trinajstić information content (AvgIpc) is 2.34. The maximum atomic E-state index is 4.05. The molecule has 0 spiro atoms. The highest BCUT2D eigenvalue weighted by molar-refractivity contribution is 5.11. The molecule has 2 nitrogen and oxygen atoms in total. The largest absolute Gasteiger partial charge is 0.314 e. The van der Waals surface area contributed by atoms with Gasteiger partial charge in [0.1, 0.15) is 0 Å². The Morgan fingerprint density at radius 3 is 2.71 bits per heavy atom. The summed E-state index contributed by atoms with van der Waals surface area (Å²) < 4.78 is 0. The van der Waals surface area contributed by atoms with Crippen molar-refractivity contribution < 1.29 is 0 Å². The van der Waals surface area contributed by atoms with Crippen molar-refractivity contribution in [3.05, 3.63) is 42.2 Å². The zero-order valence-electron chi connectivity index (χ0n) is 11.1. The second kappa shape index (κ2) is 8.02. The van der Waals surface area contributed by atoms with Crippen LogP contribution in [0.1, 0.15) is 38.7 Å². The highest BCUT2D eigenvalue weighted by Gasteiger charge is 2.08. The zero-order chi connectivity index (χ0) is 12.5. The quantitative estimate of drug-likeness (QED) is 0.695. The van der Waals surface area contributed by atoms with E-state index in [4.69, 9.17) is 0 Å². The predicted octanol–water partition coefficient (Wildman–Crippen LogP) is 3.35. The fraction of sp³-hybridized carbons (Fsp3) is 0.533. The smallest absolute Gasteiger partial charge is 0.0270 e. The first-order chi connectivity index (χ1) is 8.22. The molecule has 94 valence electrons. The fourth-order valence-corrected chi connectivity index (χ4v) is 1.85. The Balaban J connectivity index is 2.47. The Bertz CT molecular complexity index is 319. The maximum absolute atomic E-state index is 4.05. The van der Waals surface area contributed by atoms with Crippen LogP contribution in [0.4, 0.5) is 0 Å². The number of hydrogen-bond acceptors (Lipinski definition) is 2. The minimum atomic E-state index is 0.550. The molecule has 0 aliphatic heterocycles. The summed E-state index contributed by atoms with van der Waals surface area (Å²) in [5.74, 6) is 0. The average molecular weight is 232 g/mol. The van der Waals surface area contributed by atoms with E-state index >= 15 is 0 Å². The van der Waals surface area contributed by atoms with Gasteiger partial charge in [-0.05, 0) is 56.8 Å². The van der Waals surface area contributed by atoms with Gasteiger partial charge in [0.15, 0.2) is 0 Å². The Morgan fingerprint density at radius 1 is 1.41 bits per heavy atom. The van der Waals surface area contributed by atoms with E-state index in [9.17, 15) is 0 Å². The summed E-state index contributed by atoms with van der Waals surface area (Å²) in [5, 5.41) is 3.61. The van der Waals surface area contributed by atoms with E-state index in [0.717, 1.165) is 25.8 Å². The molecule has 2 heteroatoms. The van der Waals surface area contributed by atoms with Crippen LogP contribution in [0.3, 0.4) is 0 Å². The molecular formula is C15H24N2. The van der Waals surface area contributed by atoms with E-state index < -0.39 is 0 Å². The van der Waals surface area contributed by atoms with E-state index in [-0.39, 0.29) is 0 Å². The van der Waals surface area contributed by atoms with Crippen LogP contribution in [0, 0.1) is 0 Å². The molecule has 1 heterocycles. The number of nitrogens with one attached hydrogen (secondary N) is 1. The molecule has 0 radical (unpaired) electrons. The Hall–Kier alpha value is -1.15. The van der Waals surface area contributed by atoms with Crippen LogP contribution in [0.25, 0.3) is 0 Å². The van der Waals surface area contributed by atoms with Gasteiger partial charge < -0.3 is 5.32 Å². The molecule has 0 aliphatic carbocycles. The van der Waals surface area contributed by atoms with Crippen molar-refractivity contribution >= 4 is 0 Å². The van der Waals surface area contributed by atoms with E-state index in [1.165, 1.54) is 17.6 Å². The van der Waals surface area contributed by atoms with Crippen LogP contribution in [0.5, 0.6) is 0 Å². The number of hydrogen-bond donors (Lipinski definition) is 1. The molecular weight excluding hydrogens is 208 g/mol. The highest BCUT2D eigenvalue weighted by Crippen LogP contribution is 2.10. The van der Waals surface area contributed by atoms with Gasteiger partial charge in [-0.3, -0.25) is 4.98 Å². The van der Waals surface area contributed by atoms with Crippen molar-refractivity contribution in [1.82, 2.24) is 10.3 Å². The lowest BCUT2D eigenvalue weighted by molar-refractivity contribution is 0.477. The van der Waals surface area contributed by atoms with Crippen molar-refractivity contribution in [2.24, 2.45) is 0 Å². The summed E-state index contributed by atoms with van der Waals surface area (Å²) in [6, 6.07) is 4.75. The predicted molar refractivity (Wildman–Crippen MR) is 74.1 cm³/mol. The Labute approximate surface area is 105 Å². The monoisotopic (exact) mass is 232 g/mol. The summed E-state index contributed by atoms with van der Waals surface area (Å²) in [6.07, 6.45) is 8.26. The summed E-state index contributed by atoms with van der Waals surface area (Å²) >= 11 is 0. The van der Waals surface area contributed by atoms with Gasteiger partial charge in [-0.15, -0.1) is 6.58 Å². The second-order valence-corrected chi connectivity index (χ2v) is 4.71. The number of aromatic nitrogens is 1. The van der Waals surface area contributed by atoms with Crippen LogP contribution >= 0.6 is 0 Å². The van der Waals surface area contributed by atoms with Crippen molar-refractivity contribution in [1.29, 1.82) is 0 Å². The minimum Gasteiger partial charge on any atom is -0.314 e. The molecule has 17 heavy (non-hydrogen) atoms. The first kappa shape index (κ1) is 13.9. The van der Waals surface area contributed by atoms with Gasteiger partial charge in [0, 0.05) is 18.4 Å². The van der Waals surface area contributed by atoms with E-state index in [0.29, 0.717) is 6.04 Å². The van der Waals surface area contributed by atoms with Gasteiger partial charge in [0.25, 0.3) is 0 Å². The molecule has 0 saturated carbocycles. The normalized spacial score (nSPS) is 12.4. The third kappa shape index (κ3) is 6.22. The van der Waals surface area contributed by atoms with Crippen molar-refractivity contribution in [3.63, 3.8) is 0 Å². The zero-order valence-corrected chi connectivity index (χ0v) is 11.1.